The number of aryl methyl sites for hydroxylation is 1. The van der Waals surface area contributed by atoms with E-state index in [1.54, 1.807) is 0 Å². The van der Waals surface area contributed by atoms with Crippen molar-refractivity contribution in [1.82, 2.24) is 4.57 Å². The molecule has 4 heteroatoms. The van der Waals surface area contributed by atoms with Crippen molar-refractivity contribution in [2.75, 3.05) is 0 Å². The van der Waals surface area contributed by atoms with Crippen LogP contribution < -0.4 is 0 Å². The molecule has 0 saturated carbocycles. The van der Waals surface area contributed by atoms with E-state index in [9.17, 15) is 0 Å². The molecule has 0 N–H and O–H groups in total. The maximum absolute atomic E-state index is 5.66. The molecule has 2 nitrogen and oxygen atoms in total. The minimum atomic E-state index is 0.945. The molecule has 0 radical (unpaired) electrons. The molecule has 0 fully saturated rings. The molecule has 10 aromatic rings. The van der Waals surface area contributed by atoms with Gasteiger partial charge in [0.2, 0.25) is 0 Å². The Morgan fingerprint density at radius 1 is 0.510 bits per heavy atom. The molecule has 0 saturated heterocycles. The molecular weight excluding hydrogens is 633 g/mol. The van der Waals surface area contributed by atoms with Crippen LogP contribution in [-0.4, -0.2) is 10.4 Å². The van der Waals surface area contributed by atoms with E-state index in [4.69, 9.17) is 4.99 Å². The number of benzene rings is 7. The van der Waals surface area contributed by atoms with Crippen LogP contribution in [0.25, 0.3) is 78.5 Å². The third-order valence-electron chi connectivity index (χ3n) is 10.3. The van der Waals surface area contributed by atoms with Gasteiger partial charge < -0.3 is 0 Å². The monoisotopic (exact) mass is 660 g/mol. The fourth-order valence-corrected chi connectivity index (χ4v) is 10.6. The van der Waals surface area contributed by atoms with Crippen molar-refractivity contribution >= 4 is 113 Å². The third kappa shape index (κ3) is 3.90. The van der Waals surface area contributed by atoms with Crippen LogP contribution in [0.3, 0.4) is 0 Å². The number of aromatic nitrogens is 1. The largest absolute Gasteiger partial charge is 0.292 e. The summed E-state index contributed by atoms with van der Waals surface area (Å²) in [5.41, 5.74) is 7.11. The number of thiophene rings is 2. The summed E-state index contributed by atoms with van der Waals surface area (Å²) in [5, 5.41) is 10.6. The molecule has 1 aliphatic rings. The van der Waals surface area contributed by atoms with Crippen molar-refractivity contribution in [3.05, 3.63) is 157 Å². The first kappa shape index (κ1) is 27.4. The molecule has 49 heavy (non-hydrogen) atoms. The first-order valence-corrected chi connectivity index (χ1v) is 18.5. The molecule has 1 aliphatic heterocycles. The summed E-state index contributed by atoms with van der Waals surface area (Å²) in [5.74, 6) is 0.977. The molecule has 230 valence electrons. The highest BCUT2D eigenvalue weighted by Gasteiger charge is 2.27. The summed E-state index contributed by atoms with van der Waals surface area (Å²) >= 11 is 3.80. The van der Waals surface area contributed by atoms with Gasteiger partial charge in [-0.1, -0.05) is 115 Å². The van der Waals surface area contributed by atoms with E-state index >= 15 is 0 Å². The van der Waals surface area contributed by atoms with Crippen LogP contribution in [0.2, 0.25) is 0 Å². The zero-order valence-electron chi connectivity index (χ0n) is 26.5. The van der Waals surface area contributed by atoms with Crippen molar-refractivity contribution in [2.45, 2.75) is 12.8 Å². The van der Waals surface area contributed by atoms with Crippen molar-refractivity contribution in [2.24, 2.45) is 4.99 Å². The van der Waals surface area contributed by atoms with Crippen LogP contribution in [0.1, 0.15) is 17.5 Å². The number of hydrogen-bond acceptors (Lipinski definition) is 3. The predicted molar refractivity (Wildman–Crippen MR) is 214 cm³/mol. The molecule has 7 aromatic carbocycles. The number of fused-ring (bicyclic) bond motifs is 15. The van der Waals surface area contributed by atoms with Crippen LogP contribution >= 0.6 is 22.7 Å². The SMILES string of the molecule is C1=C(c2ccccc2)C(n2c3ccccc3c3c4c(ccc5sc6ccccc6c54)c4c5ccccc5sc4c32)=Nc2ccccc2CC1. The van der Waals surface area contributed by atoms with Crippen molar-refractivity contribution < 1.29 is 0 Å². The van der Waals surface area contributed by atoms with Crippen LogP contribution in [0.15, 0.2) is 151 Å². The van der Waals surface area contributed by atoms with Crippen molar-refractivity contribution in [1.29, 1.82) is 0 Å². The maximum Gasteiger partial charge on any atom is 0.145 e. The van der Waals surface area contributed by atoms with Gasteiger partial charge in [0.1, 0.15) is 5.84 Å². The Labute approximate surface area is 290 Å². The average Bonchev–Trinajstić information content (AvgIpc) is 3.82. The van der Waals surface area contributed by atoms with Gasteiger partial charge in [-0.3, -0.25) is 4.57 Å². The lowest BCUT2D eigenvalue weighted by Gasteiger charge is -2.19. The van der Waals surface area contributed by atoms with E-state index in [1.807, 2.05) is 22.7 Å². The summed E-state index contributed by atoms with van der Waals surface area (Å²) in [7, 11) is 0. The van der Waals surface area contributed by atoms with Crippen LogP contribution in [-0.2, 0) is 6.42 Å². The molecule has 3 aromatic heterocycles. The molecule has 11 rings (SSSR count). The van der Waals surface area contributed by atoms with E-state index in [1.165, 1.54) is 89.6 Å². The quantitative estimate of drug-likeness (QED) is 0.167. The highest BCUT2D eigenvalue weighted by molar-refractivity contribution is 7.27. The van der Waals surface area contributed by atoms with Gasteiger partial charge in [0.15, 0.2) is 0 Å². The highest BCUT2D eigenvalue weighted by atomic mass is 32.1. The Bertz CT molecular complexity index is 3040. The number of allylic oxidation sites excluding steroid dienone is 2. The Kier molecular flexibility index (Phi) is 5.86. The zero-order valence-corrected chi connectivity index (χ0v) is 28.1. The predicted octanol–water partition coefficient (Wildman–Crippen LogP) is 13.3. The van der Waals surface area contributed by atoms with Crippen LogP contribution in [0.5, 0.6) is 0 Å². The summed E-state index contributed by atoms with van der Waals surface area (Å²) in [4.78, 5) is 5.66. The molecule has 0 atom stereocenters. The first-order valence-electron chi connectivity index (χ1n) is 16.9. The van der Waals surface area contributed by atoms with E-state index < -0.39 is 0 Å². The van der Waals surface area contributed by atoms with E-state index in [2.05, 4.69) is 150 Å². The smallest absolute Gasteiger partial charge is 0.145 e. The average molecular weight is 661 g/mol. The van der Waals surface area contributed by atoms with Crippen molar-refractivity contribution in [3.8, 4) is 0 Å². The lowest BCUT2D eigenvalue weighted by atomic mass is 9.95. The van der Waals surface area contributed by atoms with E-state index in [-0.39, 0.29) is 0 Å². The highest BCUT2D eigenvalue weighted by Crippen LogP contribution is 2.51. The summed E-state index contributed by atoms with van der Waals surface area (Å²) < 4.78 is 7.78. The normalized spacial score (nSPS) is 13.8. The summed E-state index contributed by atoms with van der Waals surface area (Å²) in [6.07, 6.45) is 4.32. The Balaban J connectivity index is 1.43. The van der Waals surface area contributed by atoms with Crippen LogP contribution in [0, 0.1) is 0 Å². The second-order valence-corrected chi connectivity index (χ2v) is 15.1. The van der Waals surface area contributed by atoms with Gasteiger partial charge >= 0.3 is 0 Å². The van der Waals surface area contributed by atoms with Gasteiger partial charge in [0, 0.05) is 57.4 Å². The fraction of sp³-hybridized carbons (Fsp3) is 0.0444. The Hall–Kier alpha value is -5.55. The lowest BCUT2D eigenvalue weighted by molar-refractivity contribution is 0.996. The zero-order chi connectivity index (χ0) is 32.1. The molecule has 0 spiro atoms. The molecule has 0 bridgehead atoms. The second kappa shape index (κ2) is 10.5. The summed E-state index contributed by atoms with van der Waals surface area (Å²) in [6, 6.07) is 51.1. The Morgan fingerprint density at radius 2 is 1.20 bits per heavy atom. The van der Waals surface area contributed by atoms with Gasteiger partial charge in [-0.2, -0.15) is 0 Å². The van der Waals surface area contributed by atoms with Gasteiger partial charge in [0.25, 0.3) is 0 Å². The number of aliphatic imine (C=N–C) groups is 1. The van der Waals surface area contributed by atoms with E-state index in [0.29, 0.717) is 0 Å². The van der Waals surface area contributed by atoms with Gasteiger partial charge in [-0.25, -0.2) is 4.99 Å². The van der Waals surface area contributed by atoms with Crippen LogP contribution in [0.4, 0.5) is 5.69 Å². The first-order chi connectivity index (χ1) is 24.3. The summed E-state index contributed by atoms with van der Waals surface area (Å²) in [6.45, 7) is 0. The number of nitrogens with zero attached hydrogens (tertiary/aromatic N) is 2. The third-order valence-corrected chi connectivity index (χ3v) is 12.6. The molecule has 0 aliphatic carbocycles. The molecule has 4 heterocycles. The standard InChI is InChI=1S/C45H28N2S2/c1-2-13-27(14-3-1)29-20-12-16-28-15-4-8-21-34(28)46-45(29)47-35-22-9-5-17-30(35)42-41-33(25-26-38-40(41)32-19-7-10-23-36(32)48-38)39-31-18-6-11-24-37(31)49-44(39)43(42)47/h1-11,13-15,17-26H,12,16H2. The van der Waals surface area contributed by atoms with Gasteiger partial charge in [-0.15, -0.1) is 22.7 Å². The second-order valence-electron chi connectivity index (χ2n) is 12.9. The van der Waals surface area contributed by atoms with Gasteiger partial charge in [0.05, 0.1) is 21.4 Å². The minimum absolute atomic E-state index is 0.945. The van der Waals surface area contributed by atoms with Gasteiger partial charge in [-0.05, 0) is 59.7 Å². The lowest BCUT2D eigenvalue weighted by Crippen LogP contribution is -2.15. The number of rotatable bonds is 1. The Morgan fingerprint density at radius 3 is 2.06 bits per heavy atom. The number of para-hydroxylation sites is 2. The molecular formula is C45H28N2S2. The number of hydrogen-bond donors (Lipinski definition) is 0. The molecule has 0 amide bonds. The van der Waals surface area contributed by atoms with E-state index in [0.717, 1.165) is 24.4 Å². The minimum Gasteiger partial charge on any atom is -0.292 e. The topological polar surface area (TPSA) is 17.3 Å². The van der Waals surface area contributed by atoms with Crippen molar-refractivity contribution in [3.63, 3.8) is 0 Å². The fourth-order valence-electron chi connectivity index (χ4n) is 8.20. The molecule has 0 unspecified atom stereocenters. The maximum atomic E-state index is 5.66.